The van der Waals surface area contributed by atoms with E-state index < -0.39 is 42.0 Å². The molecule has 2 saturated heterocycles. The Morgan fingerprint density at radius 3 is 2.77 bits per heavy atom. The molecule has 0 saturated carbocycles. The molecule has 22 heavy (non-hydrogen) atoms. The topological polar surface area (TPSA) is 93.1 Å². The highest BCUT2D eigenvalue weighted by Crippen LogP contribution is 2.56. The van der Waals surface area contributed by atoms with E-state index in [1.54, 1.807) is 24.3 Å². The molecular formula is C14H14FN3O4. The van der Waals surface area contributed by atoms with Crippen molar-refractivity contribution in [1.29, 1.82) is 0 Å². The number of nitrogens with zero attached hydrogens (tertiary/aromatic N) is 2. The quantitative estimate of drug-likeness (QED) is 0.590. The predicted octanol–water partition coefficient (Wildman–Crippen LogP) is -0.686. The third kappa shape index (κ3) is 1.28. The smallest absolute Gasteiger partial charge is 0.278 e. The number of alkyl halides is 1. The number of anilines is 1. The number of halogens is 1. The lowest BCUT2D eigenvalue weighted by Gasteiger charge is -2.44. The Morgan fingerprint density at radius 1 is 1.36 bits per heavy atom. The molecule has 1 aromatic rings. The minimum atomic E-state index is -2.30. The number of hydrogen-bond donors (Lipinski definition) is 3. The lowest BCUT2D eigenvalue weighted by molar-refractivity contribution is -0.206. The Bertz CT molecular complexity index is 713. The zero-order valence-electron chi connectivity index (χ0n) is 11.7. The van der Waals surface area contributed by atoms with Crippen molar-refractivity contribution in [3.8, 4) is 0 Å². The fraction of sp³-hybridized carbons (Fsp3) is 0.429. The molecule has 3 heterocycles. The molecular weight excluding hydrogens is 293 g/mol. The van der Waals surface area contributed by atoms with Gasteiger partial charge in [-0.1, -0.05) is 18.2 Å². The van der Waals surface area contributed by atoms with Crippen LogP contribution >= 0.6 is 0 Å². The van der Waals surface area contributed by atoms with E-state index in [9.17, 15) is 19.8 Å². The molecule has 4 rings (SSSR count). The van der Waals surface area contributed by atoms with Gasteiger partial charge in [-0.2, -0.15) is 0 Å². The number of carbonyl (C=O) groups excluding carboxylic acids is 2. The van der Waals surface area contributed by atoms with Gasteiger partial charge in [-0.25, -0.2) is 4.39 Å². The van der Waals surface area contributed by atoms with Gasteiger partial charge in [0.25, 0.3) is 11.8 Å². The molecule has 0 unspecified atom stereocenters. The van der Waals surface area contributed by atoms with Crippen LogP contribution in [-0.4, -0.2) is 57.0 Å². The van der Waals surface area contributed by atoms with Crippen molar-refractivity contribution in [3.05, 3.63) is 29.8 Å². The summed E-state index contributed by atoms with van der Waals surface area (Å²) >= 11 is 0. The van der Waals surface area contributed by atoms with Crippen LogP contribution < -0.4 is 5.32 Å². The van der Waals surface area contributed by atoms with Gasteiger partial charge in [-0.05, 0) is 6.07 Å². The molecule has 0 radical (unpaired) electrons. The Labute approximate surface area is 124 Å². The summed E-state index contributed by atoms with van der Waals surface area (Å²) in [6.07, 6.45) is -3.54. The third-order valence-electron chi connectivity index (χ3n) is 4.75. The maximum absolute atomic E-state index is 15.6. The second-order valence-electron chi connectivity index (χ2n) is 5.95. The highest BCUT2D eigenvalue weighted by Gasteiger charge is 2.71. The molecule has 7 nitrogen and oxygen atoms in total. The first-order chi connectivity index (χ1) is 10.3. The van der Waals surface area contributed by atoms with Crippen LogP contribution in [0.5, 0.6) is 0 Å². The van der Waals surface area contributed by atoms with Crippen LogP contribution in [0.1, 0.15) is 12.0 Å². The van der Waals surface area contributed by atoms with Gasteiger partial charge in [-0.15, -0.1) is 0 Å². The zero-order chi connectivity index (χ0) is 15.9. The second kappa shape index (κ2) is 3.76. The number of hydrogen-bond acceptors (Lipinski definition) is 5. The predicted molar refractivity (Wildman–Crippen MR) is 71.8 cm³/mol. The summed E-state index contributed by atoms with van der Waals surface area (Å²) in [4.78, 5) is 26.1. The van der Waals surface area contributed by atoms with Gasteiger partial charge >= 0.3 is 0 Å². The Kier molecular flexibility index (Phi) is 2.31. The van der Waals surface area contributed by atoms with Crippen LogP contribution in [0, 0.1) is 0 Å². The lowest BCUT2D eigenvalue weighted by atomic mass is 9.91. The number of fused-ring (bicyclic) bond motifs is 5. The number of rotatable bonds is 0. The van der Waals surface area contributed by atoms with Crippen molar-refractivity contribution < 1.29 is 24.2 Å². The summed E-state index contributed by atoms with van der Waals surface area (Å²) in [6.45, 7) is 0. The van der Waals surface area contributed by atoms with E-state index in [0.717, 1.165) is 9.80 Å². The summed E-state index contributed by atoms with van der Waals surface area (Å²) < 4.78 is 15.6. The number of aliphatic hydroxyl groups excluding tert-OH is 1. The number of nitrogens with one attached hydrogen (secondary N) is 1. The van der Waals surface area contributed by atoms with Gasteiger partial charge in [0, 0.05) is 24.7 Å². The van der Waals surface area contributed by atoms with Crippen LogP contribution in [0.25, 0.3) is 0 Å². The van der Waals surface area contributed by atoms with Crippen LogP contribution in [0.4, 0.5) is 10.1 Å². The molecule has 0 aromatic heterocycles. The van der Waals surface area contributed by atoms with Gasteiger partial charge in [0.05, 0.1) is 0 Å². The third-order valence-corrected chi connectivity index (χ3v) is 4.75. The largest absolute Gasteiger partial charge is 0.365 e. The SMILES string of the molecule is CN1C(=O)[C@]2(O)C[C@]3(F)c4ccccc4N[C@@H]3N2C(=O)[C@H]1O. The Morgan fingerprint density at radius 2 is 2.05 bits per heavy atom. The molecule has 116 valence electrons. The first-order valence-corrected chi connectivity index (χ1v) is 6.86. The molecule has 0 aliphatic carbocycles. The van der Waals surface area contributed by atoms with E-state index in [-0.39, 0.29) is 0 Å². The van der Waals surface area contributed by atoms with Gasteiger partial charge in [0.1, 0.15) is 6.17 Å². The first-order valence-electron chi connectivity index (χ1n) is 6.86. The molecule has 1 aromatic carbocycles. The summed E-state index contributed by atoms with van der Waals surface area (Å²) in [5.74, 6) is -1.81. The average Bonchev–Trinajstić information content (AvgIpc) is 2.89. The number of carbonyl (C=O) groups is 2. The average molecular weight is 307 g/mol. The van der Waals surface area contributed by atoms with Crippen molar-refractivity contribution in [3.63, 3.8) is 0 Å². The van der Waals surface area contributed by atoms with Crippen molar-refractivity contribution >= 4 is 17.5 Å². The zero-order valence-corrected chi connectivity index (χ0v) is 11.7. The lowest BCUT2D eigenvalue weighted by Crippen LogP contribution is -2.70. The number of aliphatic hydroxyl groups is 2. The molecule has 2 fully saturated rings. The van der Waals surface area contributed by atoms with Gasteiger partial charge in [0.2, 0.25) is 12.0 Å². The maximum atomic E-state index is 15.6. The van der Waals surface area contributed by atoms with Gasteiger partial charge in [-0.3, -0.25) is 14.5 Å². The summed E-state index contributed by atoms with van der Waals surface area (Å²) in [7, 11) is 1.20. The standard InChI is InChI=1S/C14H14FN3O4/c1-17-9(19)10(20)18-11-13(15,6-14(18,22)12(17)21)7-4-2-3-5-8(7)16-11/h2-5,9,11,16,19,22H,6H2,1H3/t9-,11-,13+,14-/m1/s1. The fourth-order valence-electron chi connectivity index (χ4n) is 3.67. The minimum Gasteiger partial charge on any atom is -0.365 e. The molecule has 3 aliphatic rings. The maximum Gasteiger partial charge on any atom is 0.278 e. The highest BCUT2D eigenvalue weighted by molar-refractivity contribution is 5.99. The van der Waals surface area contributed by atoms with Crippen LogP contribution in [-0.2, 0) is 15.3 Å². The van der Waals surface area contributed by atoms with Crippen LogP contribution in [0.3, 0.4) is 0 Å². The Balaban J connectivity index is 1.88. The number of benzene rings is 1. The number of piperazine rings is 1. The van der Waals surface area contributed by atoms with Crippen molar-refractivity contribution in [2.45, 2.75) is 30.2 Å². The van der Waals surface area contributed by atoms with E-state index in [2.05, 4.69) is 5.32 Å². The van der Waals surface area contributed by atoms with Crippen LogP contribution in [0.2, 0.25) is 0 Å². The molecule has 8 heteroatoms. The summed E-state index contributed by atoms with van der Waals surface area (Å²) in [6, 6.07) is 6.58. The fourth-order valence-corrected chi connectivity index (χ4v) is 3.67. The van der Waals surface area contributed by atoms with Gasteiger partial charge < -0.3 is 20.4 Å². The molecule has 0 spiro atoms. The summed E-state index contributed by atoms with van der Waals surface area (Å²) in [5, 5.41) is 23.3. The van der Waals surface area contributed by atoms with E-state index in [1.165, 1.54) is 7.05 Å². The van der Waals surface area contributed by atoms with Crippen molar-refractivity contribution in [2.24, 2.45) is 0 Å². The number of likely N-dealkylation sites (N-methyl/N-ethyl adjacent to an activating group) is 1. The van der Waals surface area contributed by atoms with Gasteiger partial charge in [0.15, 0.2) is 5.67 Å². The van der Waals surface area contributed by atoms with E-state index >= 15 is 4.39 Å². The number of amides is 2. The van der Waals surface area contributed by atoms with Crippen molar-refractivity contribution in [2.75, 3.05) is 12.4 Å². The highest BCUT2D eigenvalue weighted by atomic mass is 19.1. The van der Waals surface area contributed by atoms with E-state index in [4.69, 9.17) is 0 Å². The molecule has 4 atom stereocenters. The number of para-hydroxylation sites is 1. The second-order valence-corrected chi connectivity index (χ2v) is 5.95. The summed E-state index contributed by atoms with van der Waals surface area (Å²) in [5.41, 5.74) is -3.60. The molecule has 3 N–H and O–H groups in total. The van der Waals surface area contributed by atoms with Crippen LogP contribution in [0.15, 0.2) is 24.3 Å². The molecule has 2 amide bonds. The normalized spacial score (nSPS) is 39.5. The monoisotopic (exact) mass is 307 g/mol. The van der Waals surface area contributed by atoms with Crippen molar-refractivity contribution in [1.82, 2.24) is 9.80 Å². The Hall–Kier alpha value is -2.19. The minimum absolute atomic E-state index is 0.292. The molecule has 0 bridgehead atoms. The van der Waals surface area contributed by atoms with E-state index in [0.29, 0.717) is 11.3 Å². The molecule has 3 aliphatic heterocycles. The first kappa shape index (κ1) is 13.5. The van der Waals surface area contributed by atoms with E-state index in [1.807, 2.05) is 0 Å².